The Morgan fingerprint density at radius 3 is 2.20 bits per heavy atom. The van der Waals surface area contributed by atoms with Gasteiger partial charge in [0.25, 0.3) is 10.0 Å². The fourth-order valence-corrected chi connectivity index (χ4v) is 2.27. The number of benzene rings is 2. The van der Waals surface area contributed by atoms with E-state index in [0.29, 0.717) is 0 Å². The summed E-state index contributed by atoms with van der Waals surface area (Å²) in [7, 11) is -3.60. The van der Waals surface area contributed by atoms with Crippen LogP contribution in [0.5, 0.6) is 0 Å². The van der Waals surface area contributed by atoms with Gasteiger partial charge in [-0.15, -0.1) is 0 Å². The van der Waals surface area contributed by atoms with Crippen LogP contribution in [0.2, 0.25) is 0 Å². The number of hydrogen-bond acceptors (Lipinski definition) is 3. The first-order valence-electron chi connectivity index (χ1n) is 5.74. The molecule has 0 spiro atoms. The number of hydrazone groups is 1. The van der Waals surface area contributed by atoms with Gasteiger partial charge >= 0.3 is 29.6 Å². The van der Waals surface area contributed by atoms with Gasteiger partial charge in [0, 0.05) is 0 Å². The molecule has 20 heavy (non-hydrogen) atoms. The number of aryl methyl sites for hydroxylation is 1. The molecule has 1 N–H and O–H groups in total. The van der Waals surface area contributed by atoms with Gasteiger partial charge in [0.05, 0.1) is 11.1 Å². The summed E-state index contributed by atoms with van der Waals surface area (Å²) in [5.41, 5.74) is 1.83. The van der Waals surface area contributed by atoms with Crippen molar-refractivity contribution in [3.05, 3.63) is 65.7 Å². The number of rotatable bonds is 4. The quantitative estimate of drug-likeness (QED) is 0.461. The second-order valence-electron chi connectivity index (χ2n) is 4.08. The third kappa shape index (κ3) is 4.76. The molecule has 2 aromatic carbocycles. The van der Waals surface area contributed by atoms with Crippen molar-refractivity contribution in [1.29, 1.82) is 0 Å². The van der Waals surface area contributed by atoms with E-state index in [1.807, 2.05) is 37.3 Å². The molecule has 0 saturated heterocycles. The van der Waals surface area contributed by atoms with Gasteiger partial charge in [-0.3, -0.25) is 0 Å². The first kappa shape index (κ1) is 16.9. The maximum absolute atomic E-state index is 11.9. The molecule has 0 atom stereocenters. The van der Waals surface area contributed by atoms with Gasteiger partial charge in [-0.25, -0.2) is 4.83 Å². The van der Waals surface area contributed by atoms with Crippen LogP contribution in [0.3, 0.4) is 0 Å². The third-order valence-electron chi connectivity index (χ3n) is 2.52. The van der Waals surface area contributed by atoms with Crippen LogP contribution in [-0.2, 0) is 10.0 Å². The largest absolute Gasteiger partial charge is 1.00 e. The zero-order valence-electron chi connectivity index (χ0n) is 11.4. The average molecular weight is 297 g/mol. The fourth-order valence-electron chi connectivity index (χ4n) is 1.48. The second kappa shape index (κ2) is 7.59. The van der Waals surface area contributed by atoms with Crippen LogP contribution in [0, 0.1) is 6.92 Å². The molecule has 4 nitrogen and oxygen atoms in total. The van der Waals surface area contributed by atoms with E-state index in [4.69, 9.17) is 0 Å². The van der Waals surface area contributed by atoms with Crippen molar-refractivity contribution in [3.8, 4) is 0 Å². The van der Waals surface area contributed by atoms with Crippen molar-refractivity contribution in [2.75, 3.05) is 0 Å². The molecule has 6 heteroatoms. The molecule has 0 aliphatic carbocycles. The standard InChI is InChI=1S/C14H14N2O2S.Na/c1-12-7-9-14(10-8-12)19(17,18)16-15-11-13-5-3-2-4-6-13;/h2-11,16H,1H3;/q;+1/b15-11+;. The van der Waals surface area contributed by atoms with E-state index in [1.165, 1.54) is 6.21 Å². The number of hydrogen-bond donors (Lipinski definition) is 1. The Kier molecular flexibility index (Phi) is 6.42. The predicted octanol–water partition coefficient (Wildman–Crippen LogP) is -0.689. The SMILES string of the molecule is Cc1ccc(S(=O)(=O)N/N=C/c2ccccc2)cc1.[Na+]. The number of nitrogens with one attached hydrogen (secondary N) is 1. The summed E-state index contributed by atoms with van der Waals surface area (Å²) in [4.78, 5) is 2.38. The monoisotopic (exact) mass is 297 g/mol. The minimum atomic E-state index is -3.60. The first-order valence-corrected chi connectivity index (χ1v) is 7.23. The van der Waals surface area contributed by atoms with Gasteiger partial charge in [-0.05, 0) is 24.6 Å². The van der Waals surface area contributed by atoms with E-state index in [-0.39, 0.29) is 34.5 Å². The molecule has 0 radical (unpaired) electrons. The molecule has 0 unspecified atom stereocenters. The van der Waals surface area contributed by atoms with Gasteiger partial charge in [0.2, 0.25) is 0 Å². The van der Waals surface area contributed by atoms with Gasteiger partial charge in [0.1, 0.15) is 0 Å². The van der Waals surface area contributed by atoms with Crippen molar-refractivity contribution < 1.29 is 38.0 Å². The van der Waals surface area contributed by atoms with Crippen LogP contribution in [0.25, 0.3) is 0 Å². The molecule has 0 saturated carbocycles. The fraction of sp³-hybridized carbons (Fsp3) is 0.0714. The van der Waals surface area contributed by atoms with Crippen molar-refractivity contribution in [2.45, 2.75) is 11.8 Å². The molecule has 0 aliphatic rings. The molecule has 2 aromatic rings. The Bertz CT molecular complexity index is 668. The Hall–Kier alpha value is -1.14. The Balaban J connectivity index is 0.00000200. The predicted molar refractivity (Wildman–Crippen MR) is 75.5 cm³/mol. The maximum Gasteiger partial charge on any atom is 1.00 e. The van der Waals surface area contributed by atoms with Crippen LogP contribution in [0.1, 0.15) is 11.1 Å². The number of nitrogens with zero attached hydrogens (tertiary/aromatic N) is 1. The molecule has 0 aromatic heterocycles. The van der Waals surface area contributed by atoms with E-state index in [0.717, 1.165) is 11.1 Å². The molecule has 0 aliphatic heterocycles. The molecular weight excluding hydrogens is 283 g/mol. The molecule has 0 amide bonds. The molecule has 98 valence electrons. The normalized spacial score (nSPS) is 11.1. The van der Waals surface area contributed by atoms with Crippen LogP contribution >= 0.6 is 0 Å². The molecule has 0 bridgehead atoms. The van der Waals surface area contributed by atoms with E-state index in [2.05, 4.69) is 9.93 Å². The van der Waals surface area contributed by atoms with Crippen molar-refractivity contribution in [3.63, 3.8) is 0 Å². The van der Waals surface area contributed by atoms with Crippen LogP contribution in [0.4, 0.5) is 0 Å². The summed E-state index contributed by atoms with van der Waals surface area (Å²) in [5, 5.41) is 3.75. The van der Waals surface area contributed by atoms with E-state index in [1.54, 1.807) is 24.3 Å². The summed E-state index contributed by atoms with van der Waals surface area (Å²) in [6, 6.07) is 15.9. The smallest absolute Gasteiger partial charge is 0.200 e. The Morgan fingerprint density at radius 1 is 1.00 bits per heavy atom. The van der Waals surface area contributed by atoms with Gasteiger partial charge < -0.3 is 0 Å². The summed E-state index contributed by atoms with van der Waals surface area (Å²) in [6.07, 6.45) is 1.46. The Morgan fingerprint density at radius 2 is 1.60 bits per heavy atom. The Labute approximate surface area is 141 Å². The minimum absolute atomic E-state index is 0. The van der Waals surface area contributed by atoms with E-state index in [9.17, 15) is 8.42 Å². The number of sulfonamides is 1. The molecule has 0 fully saturated rings. The average Bonchev–Trinajstić information content (AvgIpc) is 2.40. The molecular formula is C14H14N2NaO2S+. The minimum Gasteiger partial charge on any atom is -0.200 e. The van der Waals surface area contributed by atoms with E-state index >= 15 is 0 Å². The van der Waals surface area contributed by atoms with Crippen LogP contribution < -0.4 is 34.4 Å². The molecule has 0 heterocycles. The van der Waals surface area contributed by atoms with Crippen molar-refractivity contribution in [2.24, 2.45) is 5.10 Å². The van der Waals surface area contributed by atoms with Gasteiger partial charge in [-0.2, -0.15) is 13.5 Å². The summed E-state index contributed by atoms with van der Waals surface area (Å²) in [6.45, 7) is 1.90. The summed E-state index contributed by atoms with van der Waals surface area (Å²) < 4.78 is 23.8. The maximum atomic E-state index is 11.9. The first-order chi connectivity index (χ1) is 9.08. The molecule has 2 rings (SSSR count). The topological polar surface area (TPSA) is 58.5 Å². The van der Waals surface area contributed by atoms with Crippen molar-refractivity contribution >= 4 is 16.2 Å². The second-order valence-corrected chi connectivity index (χ2v) is 5.74. The summed E-state index contributed by atoms with van der Waals surface area (Å²) >= 11 is 0. The van der Waals surface area contributed by atoms with Crippen LogP contribution in [0.15, 0.2) is 64.6 Å². The van der Waals surface area contributed by atoms with Crippen molar-refractivity contribution in [1.82, 2.24) is 4.83 Å². The summed E-state index contributed by atoms with van der Waals surface area (Å²) in [5.74, 6) is 0. The van der Waals surface area contributed by atoms with E-state index < -0.39 is 10.0 Å². The van der Waals surface area contributed by atoms with Gasteiger partial charge in [-0.1, -0.05) is 48.0 Å². The van der Waals surface area contributed by atoms with Crippen LogP contribution in [-0.4, -0.2) is 14.6 Å². The zero-order valence-corrected chi connectivity index (χ0v) is 14.3. The third-order valence-corrected chi connectivity index (χ3v) is 3.76. The zero-order chi connectivity index (χ0) is 13.7. The van der Waals surface area contributed by atoms with Gasteiger partial charge in [0.15, 0.2) is 0 Å².